The van der Waals surface area contributed by atoms with Gasteiger partial charge in [-0.2, -0.15) is 0 Å². The standard InChI is InChI=1S/C12H17BrO8/c1-6(14)17-5-11-9(18-7(2)15)4-10(19-8(3)16)12(20-11)21-13/h9-12H,4-5H2,1-3H3/t9-,10-,11-,12-/m1/s1. The molecule has 0 spiro atoms. The van der Waals surface area contributed by atoms with Crippen LogP contribution in [0.1, 0.15) is 27.2 Å². The number of carbonyl (C=O) groups is 3. The summed E-state index contributed by atoms with van der Waals surface area (Å²) in [7, 11) is 0. The van der Waals surface area contributed by atoms with Crippen molar-refractivity contribution >= 4 is 34.2 Å². The number of carbonyl (C=O) groups excluding carboxylic acids is 3. The van der Waals surface area contributed by atoms with E-state index < -0.39 is 42.5 Å². The van der Waals surface area contributed by atoms with E-state index >= 15 is 0 Å². The Morgan fingerprint density at radius 3 is 2.10 bits per heavy atom. The summed E-state index contributed by atoms with van der Waals surface area (Å²) in [6.07, 6.45) is -2.92. The van der Waals surface area contributed by atoms with Crippen LogP contribution in [0.5, 0.6) is 0 Å². The molecule has 21 heavy (non-hydrogen) atoms. The zero-order valence-corrected chi connectivity index (χ0v) is 13.5. The largest absolute Gasteiger partial charge is 0.463 e. The van der Waals surface area contributed by atoms with E-state index in [1.807, 2.05) is 0 Å². The van der Waals surface area contributed by atoms with E-state index in [4.69, 9.17) is 22.8 Å². The summed E-state index contributed by atoms with van der Waals surface area (Å²) in [6.45, 7) is 3.64. The van der Waals surface area contributed by atoms with E-state index in [0.29, 0.717) is 0 Å². The zero-order valence-electron chi connectivity index (χ0n) is 11.9. The van der Waals surface area contributed by atoms with Gasteiger partial charge in [-0.15, -0.1) is 0 Å². The number of rotatable bonds is 5. The molecule has 9 heteroatoms. The lowest BCUT2D eigenvalue weighted by Gasteiger charge is -2.38. The van der Waals surface area contributed by atoms with Crippen molar-refractivity contribution in [2.75, 3.05) is 6.61 Å². The first-order valence-electron chi connectivity index (χ1n) is 6.24. The molecule has 0 aromatic rings. The van der Waals surface area contributed by atoms with Crippen LogP contribution >= 0.6 is 16.3 Å². The molecule has 0 amide bonds. The molecule has 0 radical (unpaired) electrons. The van der Waals surface area contributed by atoms with Crippen LogP contribution in [0.3, 0.4) is 0 Å². The Bertz CT molecular complexity index is 399. The molecular weight excluding hydrogens is 352 g/mol. The third-order valence-electron chi connectivity index (χ3n) is 2.67. The molecule has 1 aliphatic rings. The van der Waals surface area contributed by atoms with Gasteiger partial charge in [0.05, 0.1) is 0 Å². The zero-order chi connectivity index (χ0) is 16.0. The van der Waals surface area contributed by atoms with Gasteiger partial charge in [-0.25, -0.2) is 0 Å². The van der Waals surface area contributed by atoms with Gasteiger partial charge in [0.15, 0.2) is 6.10 Å². The third kappa shape index (κ3) is 5.98. The lowest BCUT2D eigenvalue weighted by molar-refractivity contribution is -0.247. The van der Waals surface area contributed by atoms with Crippen LogP contribution < -0.4 is 0 Å². The summed E-state index contributed by atoms with van der Waals surface area (Å²) < 4.78 is 25.5. The molecule has 0 aliphatic carbocycles. The number of hydrogen-bond donors (Lipinski definition) is 0. The lowest BCUT2D eigenvalue weighted by atomic mass is 10.0. The maximum absolute atomic E-state index is 11.1. The van der Waals surface area contributed by atoms with Crippen molar-refractivity contribution in [2.24, 2.45) is 0 Å². The van der Waals surface area contributed by atoms with Gasteiger partial charge in [0, 0.05) is 27.2 Å². The van der Waals surface area contributed by atoms with Crippen LogP contribution in [-0.4, -0.2) is 49.1 Å². The second-order valence-electron chi connectivity index (χ2n) is 4.47. The average molecular weight is 369 g/mol. The van der Waals surface area contributed by atoms with Gasteiger partial charge in [-0.3, -0.25) is 18.2 Å². The van der Waals surface area contributed by atoms with Gasteiger partial charge < -0.3 is 18.9 Å². The minimum Gasteiger partial charge on any atom is -0.463 e. The fourth-order valence-corrected chi connectivity index (χ4v) is 2.25. The highest BCUT2D eigenvalue weighted by molar-refractivity contribution is 9.06. The topological polar surface area (TPSA) is 97.4 Å². The molecule has 120 valence electrons. The van der Waals surface area contributed by atoms with Crippen molar-refractivity contribution in [3.63, 3.8) is 0 Å². The first kappa shape index (κ1) is 17.9. The summed E-state index contributed by atoms with van der Waals surface area (Å²) in [5.41, 5.74) is 0. The Balaban J connectivity index is 2.78. The quantitative estimate of drug-likeness (QED) is 0.520. The molecular formula is C12H17BrO8. The third-order valence-corrected chi connectivity index (χ3v) is 3.03. The molecule has 1 saturated heterocycles. The van der Waals surface area contributed by atoms with Crippen LogP contribution in [0.15, 0.2) is 0 Å². The van der Waals surface area contributed by atoms with Gasteiger partial charge in [0.2, 0.25) is 6.29 Å². The van der Waals surface area contributed by atoms with Gasteiger partial charge in [-0.1, -0.05) is 0 Å². The lowest BCUT2D eigenvalue weighted by Crippen LogP contribution is -2.52. The average Bonchev–Trinajstić information content (AvgIpc) is 2.36. The summed E-state index contributed by atoms with van der Waals surface area (Å²) in [4.78, 5) is 33.1. The van der Waals surface area contributed by atoms with E-state index in [0.717, 1.165) is 0 Å². The van der Waals surface area contributed by atoms with Crippen LogP contribution in [0.4, 0.5) is 0 Å². The minimum absolute atomic E-state index is 0.104. The maximum atomic E-state index is 11.1. The molecule has 1 rings (SSSR count). The predicted molar refractivity (Wildman–Crippen MR) is 71.0 cm³/mol. The van der Waals surface area contributed by atoms with Crippen molar-refractivity contribution < 1.29 is 37.2 Å². The molecule has 0 N–H and O–H groups in total. The second kappa shape index (κ2) is 8.30. The Labute approximate surface area is 130 Å². The van der Waals surface area contributed by atoms with Crippen molar-refractivity contribution in [1.29, 1.82) is 0 Å². The summed E-state index contributed by atoms with van der Waals surface area (Å²) >= 11 is 2.79. The van der Waals surface area contributed by atoms with Gasteiger partial charge in [0.1, 0.15) is 35.1 Å². The molecule has 0 bridgehead atoms. The minimum atomic E-state index is -0.902. The van der Waals surface area contributed by atoms with Crippen LogP contribution in [0.2, 0.25) is 0 Å². The number of esters is 3. The van der Waals surface area contributed by atoms with Crippen LogP contribution in [0, 0.1) is 0 Å². The monoisotopic (exact) mass is 368 g/mol. The van der Waals surface area contributed by atoms with Crippen molar-refractivity contribution in [3.05, 3.63) is 0 Å². The number of hydrogen-bond acceptors (Lipinski definition) is 8. The summed E-state index contributed by atoms with van der Waals surface area (Å²) in [5.74, 6) is -1.52. The summed E-state index contributed by atoms with van der Waals surface area (Å²) in [5, 5.41) is 0. The normalized spacial score (nSPS) is 28.6. The predicted octanol–water partition coefficient (Wildman–Crippen LogP) is 0.854. The Morgan fingerprint density at radius 1 is 1.05 bits per heavy atom. The first-order valence-corrected chi connectivity index (χ1v) is 6.89. The molecule has 0 unspecified atom stereocenters. The van der Waals surface area contributed by atoms with Crippen LogP contribution in [-0.2, 0) is 37.2 Å². The molecule has 0 aromatic heterocycles. The fraction of sp³-hybridized carbons (Fsp3) is 0.750. The smallest absolute Gasteiger partial charge is 0.303 e. The highest BCUT2D eigenvalue weighted by Crippen LogP contribution is 2.27. The van der Waals surface area contributed by atoms with Gasteiger partial charge in [-0.05, 0) is 0 Å². The van der Waals surface area contributed by atoms with Gasteiger partial charge >= 0.3 is 17.9 Å². The SMILES string of the molecule is CC(=O)OC[C@H]1O[C@H](OBr)[C@H](OC(C)=O)C[C@H]1OC(C)=O. The molecule has 1 heterocycles. The first-order chi connectivity index (χ1) is 9.83. The number of halogens is 1. The maximum Gasteiger partial charge on any atom is 0.303 e. The molecule has 8 nitrogen and oxygen atoms in total. The highest BCUT2D eigenvalue weighted by atomic mass is 79.9. The Morgan fingerprint density at radius 2 is 1.62 bits per heavy atom. The molecule has 4 atom stereocenters. The Kier molecular flexibility index (Phi) is 7.06. The van der Waals surface area contributed by atoms with Crippen molar-refractivity contribution in [2.45, 2.75) is 51.8 Å². The summed E-state index contributed by atoms with van der Waals surface area (Å²) in [6, 6.07) is 0. The molecule has 1 aliphatic heterocycles. The fourth-order valence-electron chi connectivity index (χ4n) is 1.92. The van der Waals surface area contributed by atoms with E-state index in [2.05, 4.69) is 16.3 Å². The molecule has 0 saturated carbocycles. The number of ether oxygens (including phenoxy) is 4. The van der Waals surface area contributed by atoms with E-state index in [1.165, 1.54) is 20.8 Å². The molecule has 0 aromatic carbocycles. The highest BCUT2D eigenvalue weighted by Gasteiger charge is 2.42. The van der Waals surface area contributed by atoms with E-state index in [-0.39, 0.29) is 13.0 Å². The van der Waals surface area contributed by atoms with Crippen molar-refractivity contribution in [1.82, 2.24) is 0 Å². The van der Waals surface area contributed by atoms with Crippen molar-refractivity contribution in [3.8, 4) is 0 Å². The van der Waals surface area contributed by atoms with Gasteiger partial charge in [0.25, 0.3) is 0 Å². The second-order valence-corrected chi connectivity index (χ2v) is 4.84. The van der Waals surface area contributed by atoms with Crippen LogP contribution in [0.25, 0.3) is 0 Å². The Hall–Kier alpha value is -1.19. The van der Waals surface area contributed by atoms with E-state index in [1.54, 1.807) is 0 Å². The van der Waals surface area contributed by atoms with E-state index in [9.17, 15) is 14.4 Å². The molecule has 1 fully saturated rings.